The maximum atomic E-state index is 13.0. The summed E-state index contributed by atoms with van der Waals surface area (Å²) in [5, 5.41) is 0. The van der Waals surface area contributed by atoms with Gasteiger partial charge in [0.15, 0.2) is 0 Å². The summed E-state index contributed by atoms with van der Waals surface area (Å²) in [6, 6.07) is 6.04. The fourth-order valence-corrected chi connectivity index (χ4v) is 3.96. The predicted molar refractivity (Wildman–Crippen MR) is 110 cm³/mol. The van der Waals surface area contributed by atoms with E-state index in [9.17, 15) is 4.79 Å². The molecule has 1 saturated heterocycles. The fraction of sp³-hybridized carbons (Fsp3) is 0.455. The van der Waals surface area contributed by atoms with Crippen molar-refractivity contribution in [1.29, 1.82) is 0 Å². The van der Waals surface area contributed by atoms with Crippen molar-refractivity contribution in [2.45, 2.75) is 52.5 Å². The van der Waals surface area contributed by atoms with Crippen LogP contribution < -0.4 is 0 Å². The Morgan fingerprint density at radius 2 is 1.75 bits per heavy atom. The van der Waals surface area contributed by atoms with E-state index >= 15 is 0 Å². The van der Waals surface area contributed by atoms with Gasteiger partial charge in [0.25, 0.3) is 5.91 Å². The number of fused-ring (bicyclic) bond motifs is 1. The second-order valence-electron chi connectivity index (χ2n) is 7.95. The Morgan fingerprint density at radius 3 is 2.43 bits per heavy atom. The molecule has 0 saturated carbocycles. The Labute approximate surface area is 165 Å². The van der Waals surface area contributed by atoms with Gasteiger partial charge in [-0.3, -0.25) is 4.79 Å². The number of carbonyl (C=O) groups is 1. The number of rotatable bonds is 3. The molecule has 28 heavy (non-hydrogen) atoms. The van der Waals surface area contributed by atoms with Crippen molar-refractivity contribution in [3.63, 3.8) is 0 Å². The molecule has 3 heterocycles. The number of hydrogen-bond donors (Lipinski definition) is 0. The zero-order valence-corrected chi connectivity index (χ0v) is 17.0. The molecule has 1 fully saturated rings. The van der Waals surface area contributed by atoms with Crippen molar-refractivity contribution in [3.8, 4) is 0 Å². The van der Waals surface area contributed by atoms with E-state index in [4.69, 9.17) is 0 Å². The number of aryl methyl sites for hydroxylation is 2. The lowest BCUT2D eigenvalue weighted by Crippen LogP contribution is -2.38. The molecule has 6 nitrogen and oxygen atoms in total. The average molecular weight is 377 g/mol. The summed E-state index contributed by atoms with van der Waals surface area (Å²) in [5.41, 5.74) is 4.13. The summed E-state index contributed by atoms with van der Waals surface area (Å²) in [6.07, 6.45) is 5.83. The number of nitrogens with zero attached hydrogens (tertiary/aromatic N) is 5. The Kier molecular flexibility index (Phi) is 4.87. The van der Waals surface area contributed by atoms with Gasteiger partial charge in [0.05, 0.1) is 22.4 Å². The van der Waals surface area contributed by atoms with Gasteiger partial charge in [0, 0.05) is 43.0 Å². The number of benzene rings is 1. The minimum atomic E-state index is 0.0765. The molecule has 0 N–H and O–H groups in total. The summed E-state index contributed by atoms with van der Waals surface area (Å²) in [5.74, 6) is 1.64. The van der Waals surface area contributed by atoms with E-state index in [0.29, 0.717) is 17.5 Å². The van der Waals surface area contributed by atoms with Crippen molar-refractivity contribution in [3.05, 3.63) is 53.4 Å². The highest BCUT2D eigenvalue weighted by molar-refractivity contribution is 5.97. The van der Waals surface area contributed by atoms with E-state index in [1.165, 1.54) is 0 Å². The van der Waals surface area contributed by atoms with E-state index in [2.05, 4.69) is 39.6 Å². The zero-order chi connectivity index (χ0) is 19.8. The first kappa shape index (κ1) is 18.6. The SMILES string of the molecule is Cc1nc2ccc(C(=O)N3CCC(c4nccn4C(C)C)CC3)cc2nc1C. The second kappa shape index (κ2) is 7.34. The third-order valence-corrected chi connectivity index (χ3v) is 5.72. The molecule has 1 amide bonds. The van der Waals surface area contributed by atoms with E-state index in [1.807, 2.05) is 43.1 Å². The molecule has 6 heteroatoms. The van der Waals surface area contributed by atoms with Gasteiger partial charge in [-0.15, -0.1) is 0 Å². The molecule has 4 rings (SSSR count). The molecule has 3 aromatic rings. The fourth-order valence-electron chi connectivity index (χ4n) is 3.96. The molecule has 1 aromatic carbocycles. The molecule has 2 aromatic heterocycles. The largest absolute Gasteiger partial charge is 0.339 e. The van der Waals surface area contributed by atoms with Gasteiger partial charge in [-0.2, -0.15) is 0 Å². The lowest BCUT2D eigenvalue weighted by Gasteiger charge is -2.32. The maximum Gasteiger partial charge on any atom is 0.253 e. The Hall–Kier alpha value is -2.76. The normalized spacial score (nSPS) is 15.5. The van der Waals surface area contributed by atoms with Gasteiger partial charge >= 0.3 is 0 Å². The van der Waals surface area contributed by atoms with Crippen LogP contribution in [0.4, 0.5) is 0 Å². The third-order valence-electron chi connectivity index (χ3n) is 5.72. The first-order valence-corrected chi connectivity index (χ1v) is 10.0. The van der Waals surface area contributed by atoms with Crippen molar-refractivity contribution in [2.24, 2.45) is 0 Å². The number of imidazole rings is 1. The standard InChI is InChI=1S/C22H27N5O/c1-14(2)27-12-9-23-21(27)17-7-10-26(11-8-17)22(28)18-5-6-19-20(13-18)25-16(4)15(3)24-19/h5-6,9,12-14,17H,7-8,10-11H2,1-4H3. The van der Waals surface area contributed by atoms with E-state index in [1.54, 1.807) is 0 Å². The highest BCUT2D eigenvalue weighted by Crippen LogP contribution is 2.29. The zero-order valence-electron chi connectivity index (χ0n) is 17.0. The number of hydrogen-bond acceptors (Lipinski definition) is 4. The highest BCUT2D eigenvalue weighted by atomic mass is 16.2. The number of piperidine rings is 1. The number of aromatic nitrogens is 4. The topological polar surface area (TPSA) is 63.9 Å². The van der Waals surface area contributed by atoms with Crippen LogP contribution >= 0.6 is 0 Å². The van der Waals surface area contributed by atoms with Gasteiger partial charge in [-0.25, -0.2) is 15.0 Å². The molecular formula is C22H27N5O. The number of carbonyl (C=O) groups excluding carboxylic acids is 1. The minimum absolute atomic E-state index is 0.0765. The van der Waals surface area contributed by atoms with Crippen LogP contribution in [0.25, 0.3) is 11.0 Å². The number of likely N-dealkylation sites (tertiary alicyclic amines) is 1. The maximum absolute atomic E-state index is 13.0. The van der Waals surface area contributed by atoms with Crippen LogP contribution in [0.2, 0.25) is 0 Å². The summed E-state index contributed by atoms with van der Waals surface area (Å²) in [7, 11) is 0. The number of amides is 1. The average Bonchev–Trinajstić information content (AvgIpc) is 3.18. The quantitative estimate of drug-likeness (QED) is 0.691. The van der Waals surface area contributed by atoms with Crippen LogP contribution in [0, 0.1) is 13.8 Å². The Balaban J connectivity index is 1.49. The molecule has 0 atom stereocenters. The van der Waals surface area contributed by atoms with Crippen LogP contribution in [0.1, 0.15) is 66.2 Å². The summed E-state index contributed by atoms with van der Waals surface area (Å²) in [6.45, 7) is 9.76. The lowest BCUT2D eigenvalue weighted by atomic mass is 9.95. The van der Waals surface area contributed by atoms with E-state index in [-0.39, 0.29) is 5.91 Å². The Bertz CT molecular complexity index is 1010. The van der Waals surface area contributed by atoms with Gasteiger partial charge in [0.1, 0.15) is 5.82 Å². The molecule has 1 aliphatic rings. The molecule has 0 aliphatic carbocycles. The lowest BCUT2D eigenvalue weighted by molar-refractivity contribution is 0.0710. The van der Waals surface area contributed by atoms with Gasteiger partial charge in [-0.1, -0.05) is 0 Å². The second-order valence-corrected chi connectivity index (χ2v) is 7.95. The smallest absolute Gasteiger partial charge is 0.253 e. The molecule has 0 unspecified atom stereocenters. The van der Waals surface area contributed by atoms with Crippen LogP contribution in [0.5, 0.6) is 0 Å². The molecule has 0 bridgehead atoms. The van der Waals surface area contributed by atoms with Crippen LogP contribution in [-0.4, -0.2) is 43.4 Å². The van der Waals surface area contributed by atoms with Gasteiger partial charge in [0.2, 0.25) is 0 Å². The highest BCUT2D eigenvalue weighted by Gasteiger charge is 2.27. The summed E-state index contributed by atoms with van der Waals surface area (Å²) < 4.78 is 2.24. The van der Waals surface area contributed by atoms with E-state index in [0.717, 1.165) is 54.2 Å². The summed E-state index contributed by atoms with van der Waals surface area (Å²) >= 11 is 0. The molecule has 0 radical (unpaired) electrons. The van der Waals surface area contributed by atoms with Crippen molar-refractivity contribution in [2.75, 3.05) is 13.1 Å². The third kappa shape index (κ3) is 3.39. The molecular weight excluding hydrogens is 350 g/mol. The predicted octanol–water partition coefficient (Wildman–Crippen LogP) is 4.04. The van der Waals surface area contributed by atoms with Crippen molar-refractivity contribution in [1.82, 2.24) is 24.4 Å². The first-order valence-electron chi connectivity index (χ1n) is 10.0. The van der Waals surface area contributed by atoms with Crippen LogP contribution in [0.15, 0.2) is 30.6 Å². The molecule has 1 aliphatic heterocycles. The van der Waals surface area contributed by atoms with Crippen molar-refractivity contribution >= 4 is 16.9 Å². The summed E-state index contributed by atoms with van der Waals surface area (Å²) in [4.78, 5) is 28.7. The monoisotopic (exact) mass is 377 g/mol. The van der Waals surface area contributed by atoms with Crippen molar-refractivity contribution < 1.29 is 4.79 Å². The first-order chi connectivity index (χ1) is 13.4. The molecule has 0 spiro atoms. The van der Waals surface area contributed by atoms with Crippen LogP contribution in [-0.2, 0) is 0 Å². The Morgan fingerprint density at radius 1 is 1.07 bits per heavy atom. The van der Waals surface area contributed by atoms with Crippen LogP contribution in [0.3, 0.4) is 0 Å². The van der Waals surface area contributed by atoms with Gasteiger partial charge in [-0.05, 0) is 58.7 Å². The molecule has 146 valence electrons. The van der Waals surface area contributed by atoms with Gasteiger partial charge < -0.3 is 9.47 Å². The van der Waals surface area contributed by atoms with E-state index < -0.39 is 0 Å². The minimum Gasteiger partial charge on any atom is -0.339 e.